The molecule has 1 rings (SSSR count). The zero-order chi connectivity index (χ0) is 17.3. The maximum Gasteiger partial charge on any atom is 0.498 e. The molecule has 22 heavy (non-hydrogen) atoms. The largest absolute Gasteiger partial charge is 0.498 e. The SMILES string of the molecule is O=[N+]([O-])c1ccccc1CC(C(F)(F)F)S(=O)(=O)C(F)(F)F. The van der Waals surface area contributed by atoms with E-state index in [2.05, 4.69) is 0 Å². The molecule has 1 aromatic rings. The lowest BCUT2D eigenvalue weighted by atomic mass is 10.1. The van der Waals surface area contributed by atoms with Crippen LogP contribution in [0.3, 0.4) is 0 Å². The Hall–Kier alpha value is -1.85. The average Bonchev–Trinajstić information content (AvgIpc) is 2.33. The molecular weight excluding hydrogens is 344 g/mol. The summed E-state index contributed by atoms with van der Waals surface area (Å²) in [6, 6.07) is 3.67. The topological polar surface area (TPSA) is 77.3 Å². The van der Waals surface area contributed by atoms with E-state index in [1.165, 1.54) is 0 Å². The third kappa shape index (κ3) is 3.67. The van der Waals surface area contributed by atoms with Crippen LogP contribution < -0.4 is 0 Å². The Kier molecular flexibility index (Phi) is 4.75. The number of nitro groups is 1. The van der Waals surface area contributed by atoms with Gasteiger partial charge in [0.05, 0.1) is 4.92 Å². The summed E-state index contributed by atoms with van der Waals surface area (Å²) in [5.41, 5.74) is -7.78. The van der Waals surface area contributed by atoms with Crippen LogP contribution in [0, 0.1) is 10.1 Å². The summed E-state index contributed by atoms with van der Waals surface area (Å²) in [5.74, 6) is 0. The van der Waals surface area contributed by atoms with Crippen LogP contribution in [0.1, 0.15) is 5.56 Å². The van der Waals surface area contributed by atoms with Gasteiger partial charge in [-0.05, 0) is 0 Å². The Balaban J connectivity index is 3.39. The predicted octanol–water partition coefficient (Wildman–Crippen LogP) is 3.00. The van der Waals surface area contributed by atoms with E-state index in [0.717, 1.165) is 24.3 Å². The van der Waals surface area contributed by atoms with Crippen LogP contribution in [0.4, 0.5) is 32.0 Å². The zero-order valence-corrected chi connectivity index (χ0v) is 11.2. The van der Waals surface area contributed by atoms with Gasteiger partial charge in [-0.25, -0.2) is 8.42 Å². The molecule has 0 saturated heterocycles. The number of benzene rings is 1. The molecule has 1 aromatic carbocycles. The second kappa shape index (κ2) is 5.74. The lowest BCUT2D eigenvalue weighted by molar-refractivity contribution is -0.385. The molecular formula is C10H7F6NO4S. The van der Waals surface area contributed by atoms with Gasteiger partial charge >= 0.3 is 11.7 Å². The third-order valence-electron chi connectivity index (χ3n) is 2.66. The molecule has 124 valence electrons. The predicted molar refractivity (Wildman–Crippen MR) is 61.6 cm³/mol. The molecule has 0 heterocycles. The zero-order valence-electron chi connectivity index (χ0n) is 10.4. The fourth-order valence-corrected chi connectivity index (χ4v) is 2.70. The molecule has 0 N–H and O–H groups in total. The third-order valence-corrected chi connectivity index (χ3v) is 4.48. The smallest absolute Gasteiger partial charge is 0.258 e. The average molecular weight is 351 g/mol. The highest BCUT2D eigenvalue weighted by atomic mass is 32.2. The summed E-state index contributed by atoms with van der Waals surface area (Å²) in [6.07, 6.45) is -7.44. The quantitative estimate of drug-likeness (QED) is 0.475. The van der Waals surface area contributed by atoms with Crippen LogP contribution in [0.25, 0.3) is 0 Å². The van der Waals surface area contributed by atoms with Gasteiger partial charge < -0.3 is 0 Å². The Morgan fingerprint density at radius 1 is 1.09 bits per heavy atom. The first-order valence-corrected chi connectivity index (χ1v) is 6.92. The van der Waals surface area contributed by atoms with Crippen molar-refractivity contribution < 1.29 is 39.7 Å². The van der Waals surface area contributed by atoms with E-state index in [0.29, 0.717) is 0 Å². The molecule has 0 spiro atoms. The Labute approximate surface area is 119 Å². The molecule has 0 fully saturated rings. The highest BCUT2D eigenvalue weighted by molar-refractivity contribution is 7.92. The summed E-state index contributed by atoms with van der Waals surface area (Å²) in [7, 11) is -6.58. The Bertz CT molecular complexity index is 667. The molecule has 1 atom stereocenters. The van der Waals surface area contributed by atoms with Crippen LogP contribution in [0.5, 0.6) is 0 Å². The molecule has 5 nitrogen and oxygen atoms in total. The first-order valence-electron chi connectivity index (χ1n) is 5.37. The first kappa shape index (κ1) is 18.2. The van der Waals surface area contributed by atoms with E-state index in [1.807, 2.05) is 0 Å². The van der Waals surface area contributed by atoms with Crippen LogP contribution >= 0.6 is 0 Å². The van der Waals surface area contributed by atoms with Crippen LogP contribution in [0.15, 0.2) is 24.3 Å². The van der Waals surface area contributed by atoms with E-state index in [4.69, 9.17) is 0 Å². The van der Waals surface area contributed by atoms with Crippen molar-refractivity contribution in [1.82, 2.24) is 0 Å². The summed E-state index contributed by atoms with van der Waals surface area (Å²) in [6.45, 7) is 0. The maximum atomic E-state index is 12.7. The van der Waals surface area contributed by atoms with Gasteiger partial charge in [-0.1, -0.05) is 18.2 Å². The van der Waals surface area contributed by atoms with Gasteiger partial charge in [-0.2, -0.15) is 26.3 Å². The number of para-hydroxylation sites is 1. The van der Waals surface area contributed by atoms with Crippen molar-refractivity contribution in [3.05, 3.63) is 39.9 Å². The molecule has 1 unspecified atom stereocenters. The molecule has 12 heteroatoms. The minimum absolute atomic E-state index is 0.761. The number of nitro benzene ring substituents is 1. The number of halogens is 6. The van der Waals surface area contributed by atoms with Gasteiger partial charge in [-0.15, -0.1) is 0 Å². The van der Waals surface area contributed by atoms with Gasteiger partial charge in [0.2, 0.25) is 0 Å². The van der Waals surface area contributed by atoms with Crippen molar-refractivity contribution in [2.75, 3.05) is 0 Å². The van der Waals surface area contributed by atoms with Crippen molar-refractivity contribution in [2.24, 2.45) is 0 Å². The normalized spacial score (nSPS) is 14.6. The molecule has 0 aliphatic rings. The van der Waals surface area contributed by atoms with Gasteiger partial charge in [0.25, 0.3) is 15.5 Å². The lowest BCUT2D eigenvalue weighted by Gasteiger charge is -2.21. The molecule has 0 saturated carbocycles. The molecule has 0 aliphatic heterocycles. The van der Waals surface area contributed by atoms with E-state index in [9.17, 15) is 44.9 Å². The van der Waals surface area contributed by atoms with E-state index >= 15 is 0 Å². The van der Waals surface area contributed by atoms with Crippen molar-refractivity contribution in [2.45, 2.75) is 23.4 Å². The fourth-order valence-electron chi connectivity index (χ4n) is 1.62. The maximum absolute atomic E-state index is 12.7. The summed E-state index contributed by atoms with van der Waals surface area (Å²) >= 11 is 0. The van der Waals surface area contributed by atoms with Crippen LogP contribution in [-0.2, 0) is 16.3 Å². The first-order chi connectivity index (χ1) is 9.78. The molecule has 0 bridgehead atoms. The van der Waals surface area contributed by atoms with E-state index in [1.54, 1.807) is 0 Å². The van der Waals surface area contributed by atoms with E-state index in [-0.39, 0.29) is 0 Å². The summed E-state index contributed by atoms with van der Waals surface area (Å²) in [5, 5.41) is 6.83. The summed E-state index contributed by atoms with van der Waals surface area (Å²) < 4.78 is 97.3. The fraction of sp³-hybridized carbons (Fsp3) is 0.400. The lowest BCUT2D eigenvalue weighted by Crippen LogP contribution is -2.45. The minimum atomic E-state index is -6.58. The summed E-state index contributed by atoms with van der Waals surface area (Å²) in [4.78, 5) is 9.54. The van der Waals surface area contributed by atoms with Crippen LogP contribution in [0.2, 0.25) is 0 Å². The van der Waals surface area contributed by atoms with Gasteiger partial charge in [0.1, 0.15) is 0 Å². The van der Waals surface area contributed by atoms with Crippen molar-refractivity contribution in [1.29, 1.82) is 0 Å². The Morgan fingerprint density at radius 2 is 1.59 bits per heavy atom. The number of nitrogens with zero attached hydrogens (tertiary/aromatic N) is 1. The van der Waals surface area contributed by atoms with Crippen molar-refractivity contribution in [3.8, 4) is 0 Å². The number of alkyl halides is 6. The number of sulfone groups is 1. The molecule has 0 radical (unpaired) electrons. The monoisotopic (exact) mass is 351 g/mol. The van der Waals surface area contributed by atoms with Gasteiger partial charge in [0, 0.05) is 18.1 Å². The molecule has 0 amide bonds. The van der Waals surface area contributed by atoms with Gasteiger partial charge in [-0.3, -0.25) is 10.1 Å². The molecule has 0 aromatic heterocycles. The second-order valence-electron chi connectivity index (χ2n) is 4.11. The molecule has 0 aliphatic carbocycles. The number of rotatable bonds is 4. The number of hydrogen-bond acceptors (Lipinski definition) is 4. The van der Waals surface area contributed by atoms with E-state index < -0.39 is 49.4 Å². The van der Waals surface area contributed by atoms with Crippen molar-refractivity contribution in [3.63, 3.8) is 0 Å². The van der Waals surface area contributed by atoms with Gasteiger partial charge in [0.15, 0.2) is 5.25 Å². The number of hydrogen-bond donors (Lipinski definition) is 0. The standard InChI is InChI=1S/C10H7F6NO4S/c11-9(12,13)8(22(20,21)10(14,15)16)5-6-3-1-2-4-7(6)17(18)19/h1-4,8H,5H2. The Morgan fingerprint density at radius 3 is 2.00 bits per heavy atom. The highest BCUT2D eigenvalue weighted by Crippen LogP contribution is 2.38. The van der Waals surface area contributed by atoms with Crippen molar-refractivity contribution >= 4 is 15.5 Å². The highest BCUT2D eigenvalue weighted by Gasteiger charge is 2.60. The second-order valence-corrected chi connectivity index (χ2v) is 6.23. The van der Waals surface area contributed by atoms with Crippen LogP contribution in [-0.4, -0.2) is 30.3 Å². The minimum Gasteiger partial charge on any atom is -0.258 e.